The van der Waals surface area contributed by atoms with Crippen LogP contribution in [0.3, 0.4) is 0 Å². The first-order chi connectivity index (χ1) is 12.8. The summed E-state index contributed by atoms with van der Waals surface area (Å²) in [5, 5.41) is 10.0. The predicted molar refractivity (Wildman–Crippen MR) is 98.1 cm³/mol. The van der Waals surface area contributed by atoms with Gasteiger partial charge in [0, 0.05) is 5.02 Å². The van der Waals surface area contributed by atoms with Gasteiger partial charge < -0.3 is 9.84 Å². The Hall–Kier alpha value is -2.54. The molecule has 1 aromatic rings. The van der Waals surface area contributed by atoms with Gasteiger partial charge in [0.15, 0.2) is 6.61 Å². The fourth-order valence-corrected chi connectivity index (χ4v) is 4.01. The van der Waals surface area contributed by atoms with E-state index >= 15 is 0 Å². The van der Waals surface area contributed by atoms with Gasteiger partial charge in [0.2, 0.25) is 5.91 Å². The minimum absolute atomic E-state index is 0.107. The quantitative estimate of drug-likeness (QED) is 0.525. The van der Waals surface area contributed by atoms with Crippen LogP contribution in [-0.4, -0.2) is 29.5 Å². The first kappa shape index (κ1) is 19.2. The van der Waals surface area contributed by atoms with Crippen LogP contribution in [0.1, 0.15) is 17.5 Å². The van der Waals surface area contributed by atoms with Gasteiger partial charge >= 0.3 is 5.97 Å². The minimum Gasteiger partial charge on any atom is -0.484 e. The normalized spacial score (nSPS) is 25.3. The molecule has 1 saturated carbocycles. The number of aryl methyl sites for hydroxylation is 2. The molecule has 2 amide bonds. The summed E-state index contributed by atoms with van der Waals surface area (Å²) in [7, 11) is 0. The Balaban J connectivity index is 1.51. The Labute approximate surface area is 161 Å². The van der Waals surface area contributed by atoms with Crippen LogP contribution in [0.2, 0.25) is 5.02 Å². The average molecular weight is 393 g/mol. The third-order valence-electron chi connectivity index (χ3n) is 5.15. The molecule has 2 aliphatic carbocycles. The van der Waals surface area contributed by atoms with Crippen LogP contribution >= 0.6 is 11.6 Å². The van der Waals surface area contributed by atoms with Crippen molar-refractivity contribution in [2.75, 3.05) is 6.61 Å². The molecule has 0 unspecified atom stereocenters. The molecule has 2 bridgehead atoms. The van der Waals surface area contributed by atoms with Crippen molar-refractivity contribution in [1.82, 2.24) is 10.9 Å². The number of benzene rings is 1. The number of allylic oxidation sites excluding steroid dienone is 2. The molecule has 0 heterocycles. The van der Waals surface area contributed by atoms with E-state index in [1.807, 2.05) is 26.0 Å². The monoisotopic (exact) mass is 392 g/mol. The van der Waals surface area contributed by atoms with Crippen molar-refractivity contribution >= 4 is 29.4 Å². The zero-order chi connectivity index (χ0) is 19.7. The van der Waals surface area contributed by atoms with Crippen LogP contribution in [0.4, 0.5) is 0 Å². The standard InChI is InChI=1S/C19H21ClN2O5/c1-9-5-13(6-10(2)17(9)20)27-8-14(23)21-22-18(24)15-11-3-4-12(7-11)16(15)19(25)26/h3-6,11-12,15-16H,7-8H2,1-2H3,(H,21,23)(H,22,24)(H,25,26)/t11-,12-,15+,16-/m0/s1. The molecular weight excluding hydrogens is 372 g/mol. The lowest BCUT2D eigenvalue weighted by molar-refractivity contribution is -0.148. The van der Waals surface area contributed by atoms with Crippen molar-refractivity contribution in [2.45, 2.75) is 20.3 Å². The van der Waals surface area contributed by atoms with Gasteiger partial charge in [0.05, 0.1) is 11.8 Å². The van der Waals surface area contributed by atoms with Gasteiger partial charge in [-0.2, -0.15) is 0 Å². The van der Waals surface area contributed by atoms with E-state index in [-0.39, 0.29) is 18.4 Å². The first-order valence-electron chi connectivity index (χ1n) is 8.67. The molecule has 1 fully saturated rings. The summed E-state index contributed by atoms with van der Waals surface area (Å²) in [6.07, 6.45) is 4.39. The molecule has 0 radical (unpaired) electrons. The van der Waals surface area contributed by atoms with E-state index in [4.69, 9.17) is 16.3 Å². The Morgan fingerprint density at radius 1 is 1.11 bits per heavy atom. The number of carbonyl (C=O) groups is 3. The topological polar surface area (TPSA) is 105 Å². The first-order valence-corrected chi connectivity index (χ1v) is 9.05. The number of carboxylic acids is 1. The summed E-state index contributed by atoms with van der Waals surface area (Å²) in [5.74, 6) is -3.20. The van der Waals surface area contributed by atoms with Crippen molar-refractivity contribution in [3.8, 4) is 5.75 Å². The number of halogens is 1. The van der Waals surface area contributed by atoms with E-state index in [1.165, 1.54) is 0 Å². The summed E-state index contributed by atoms with van der Waals surface area (Å²) >= 11 is 6.09. The van der Waals surface area contributed by atoms with Gasteiger partial charge in [-0.25, -0.2) is 0 Å². The molecule has 4 atom stereocenters. The maximum absolute atomic E-state index is 12.4. The van der Waals surface area contributed by atoms with Gasteiger partial charge in [-0.3, -0.25) is 25.2 Å². The van der Waals surface area contributed by atoms with Crippen molar-refractivity contribution in [1.29, 1.82) is 0 Å². The molecule has 7 nitrogen and oxygen atoms in total. The summed E-state index contributed by atoms with van der Waals surface area (Å²) in [6.45, 7) is 3.38. The molecular formula is C19H21ClN2O5. The number of ether oxygens (including phenoxy) is 1. The van der Waals surface area contributed by atoms with Crippen molar-refractivity contribution in [2.24, 2.45) is 23.7 Å². The number of aliphatic carboxylic acids is 1. The fraction of sp³-hybridized carbons (Fsp3) is 0.421. The summed E-state index contributed by atoms with van der Waals surface area (Å²) in [6, 6.07) is 3.44. The second kappa shape index (κ2) is 7.60. The zero-order valence-corrected chi connectivity index (χ0v) is 15.7. The summed E-state index contributed by atoms with van der Waals surface area (Å²) < 4.78 is 5.42. The van der Waals surface area contributed by atoms with Crippen LogP contribution < -0.4 is 15.6 Å². The average Bonchev–Trinajstić information content (AvgIpc) is 3.23. The second-order valence-electron chi connectivity index (χ2n) is 7.04. The molecule has 2 aliphatic rings. The van der Waals surface area contributed by atoms with E-state index < -0.39 is 29.6 Å². The van der Waals surface area contributed by atoms with Crippen molar-refractivity contribution in [3.05, 3.63) is 40.4 Å². The smallest absolute Gasteiger partial charge is 0.307 e. The number of fused-ring (bicyclic) bond motifs is 2. The lowest BCUT2D eigenvalue weighted by Gasteiger charge is -2.23. The highest BCUT2D eigenvalue weighted by molar-refractivity contribution is 6.32. The lowest BCUT2D eigenvalue weighted by Crippen LogP contribution is -2.49. The lowest BCUT2D eigenvalue weighted by atomic mass is 9.82. The maximum Gasteiger partial charge on any atom is 0.307 e. The number of nitrogens with one attached hydrogen (secondary N) is 2. The summed E-state index contributed by atoms with van der Waals surface area (Å²) in [4.78, 5) is 35.8. The molecule has 0 spiro atoms. The van der Waals surface area contributed by atoms with Crippen LogP contribution in [0.25, 0.3) is 0 Å². The van der Waals surface area contributed by atoms with E-state index in [0.717, 1.165) is 11.1 Å². The van der Waals surface area contributed by atoms with Crippen LogP contribution in [0.5, 0.6) is 5.75 Å². The predicted octanol–water partition coefficient (Wildman–Crippen LogP) is 2.01. The number of carbonyl (C=O) groups excluding carboxylic acids is 2. The molecule has 3 rings (SSSR count). The van der Waals surface area contributed by atoms with Gasteiger partial charge in [-0.15, -0.1) is 0 Å². The maximum atomic E-state index is 12.4. The highest BCUT2D eigenvalue weighted by Gasteiger charge is 2.51. The highest BCUT2D eigenvalue weighted by atomic mass is 35.5. The number of hydrogen-bond acceptors (Lipinski definition) is 4. The Kier molecular flexibility index (Phi) is 5.41. The molecule has 144 valence electrons. The number of rotatable bonds is 5. The molecule has 0 aliphatic heterocycles. The Morgan fingerprint density at radius 3 is 2.30 bits per heavy atom. The van der Waals surface area contributed by atoms with Crippen LogP contribution in [0, 0.1) is 37.5 Å². The SMILES string of the molecule is Cc1cc(OCC(=O)NNC(=O)[C@H]2[C@@H](C(=O)O)[C@H]3C=C[C@H]2C3)cc(C)c1Cl. The van der Waals surface area contributed by atoms with Gasteiger partial charge in [-0.05, 0) is 55.4 Å². The number of hydrogen-bond donors (Lipinski definition) is 3. The van der Waals surface area contributed by atoms with Crippen LogP contribution in [-0.2, 0) is 14.4 Å². The third-order valence-corrected chi connectivity index (χ3v) is 5.75. The van der Waals surface area contributed by atoms with E-state index in [9.17, 15) is 19.5 Å². The van der Waals surface area contributed by atoms with Gasteiger partial charge in [-0.1, -0.05) is 23.8 Å². The summed E-state index contributed by atoms with van der Waals surface area (Å²) in [5.41, 5.74) is 6.28. The Morgan fingerprint density at radius 2 is 1.70 bits per heavy atom. The molecule has 8 heteroatoms. The molecule has 1 aromatic carbocycles. The van der Waals surface area contributed by atoms with Crippen molar-refractivity contribution in [3.63, 3.8) is 0 Å². The van der Waals surface area contributed by atoms with Crippen LogP contribution in [0.15, 0.2) is 24.3 Å². The molecule has 0 saturated heterocycles. The van der Waals surface area contributed by atoms with Gasteiger partial charge in [0.25, 0.3) is 5.91 Å². The highest BCUT2D eigenvalue weighted by Crippen LogP contribution is 2.48. The number of hydrazine groups is 1. The molecule has 27 heavy (non-hydrogen) atoms. The molecule has 3 N–H and O–H groups in total. The minimum atomic E-state index is -0.991. The fourth-order valence-electron chi connectivity index (χ4n) is 3.91. The second-order valence-corrected chi connectivity index (χ2v) is 7.41. The van der Waals surface area contributed by atoms with Gasteiger partial charge in [0.1, 0.15) is 5.75 Å². The zero-order valence-electron chi connectivity index (χ0n) is 15.0. The molecule has 0 aromatic heterocycles. The largest absolute Gasteiger partial charge is 0.484 e. The number of amides is 2. The Bertz CT molecular complexity index is 799. The third kappa shape index (κ3) is 3.93. The van der Waals surface area contributed by atoms with E-state index in [2.05, 4.69) is 10.9 Å². The number of carboxylic acid groups (broad SMARTS) is 1. The van der Waals surface area contributed by atoms with E-state index in [1.54, 1.807) is 12.1 Å². The van der Waals surface area contributed by atoms with Crippen molar-refractivity contribution < 1.29 is 24.2 Å². The van der Waals surface area contributed by atoms with E-state index in [0.29, 0.717) is 17.2 Å².